The van der Waals surface area contributed by atoms with Crippen LogP contribution in [0.15, 0.2) is 18.2 Å². The number of nitriles is 1. The molecular weight excluding hydrogens is 367 g/mol. The number of hydrogen-bond donors (Lipinski definition) is 2. The Morgan fingerprint density at radius 2 is 1.88 bits per heavy atom. The Labute approximate surface area is 144 Å². The van der Waals surface area contributed by atoms with Crippen molar-refractivity contribution in [3.05, 3.63) is 29.3 Å². The fraction of sp³-hybridized carbons (Fsp3) is 0.467. The number of alkyl halides is 5. The zero-order valence-corrected chi connectivity index (χ0v) is 13.4. The molecule has 0 aliphatic carbocycles. The molecule has 1 aliphatic rings. The first-order valence-electron chi connectivity index (χ1n) is 7.12. The summed E-state index contributed by atoms with van der Waals surface area (Å²) >= 11 is 0. The number of fused-ring (bicyclic) bond motifs is 1. The Morgan fingerprint density at radius 1 is 1.31 bits per heavy atom. The molecule has 0 radical (unpaired) electrons. The quantitative estimate of drug-likeness (QED) is 0.467. The number of amides is 1. The number of benzene rings is 1. The van der Waals surface area contributed by atoms with Gasteiger partial charge in [-0.15, -0.1) is 0 Å². The van der Waals surface area contributed by atoms with E-state index >= 15 is 0 Å². The molecule has 1 aromatic carbocycles. The summed E-state index contributed by atoms with van der Waals surface area (Å²) in [5.74, 6) is -8.93. The number of ether oxygens (including phenoxy) is 1. The number of carbonyl (C=O) groups excluding carboxylic acids is 1. The van der Waals surface area contributed by atoms with Crippen molar-refractivity contribution in [2.24, 2.45) is 0 Å². The zero-order valence-electron chi connectivity index (χ0n) is 13.4. The normalized spacial score (nSPS) is 22.0. The van der Waals surface area contributed by atoms with E-state index in [4.69, 9.17) is 10.00 Å². The number of carbonyl (C=O) groups is 1. The summed E-state index contributed by atoms with van der Waals surface area (Å²) in [5.41, 5.74) is -1.88. The van der Waals surface area contributed by atoms with Crippen molar-refractivity contribution in [1.29, 1.82) is 5.26 Å². The number of nitrogens with zero attached hydrogens (tertiary/aromatic N) is 2. The standard InChI is InChI=1S/C15H13F5N2O4/c1-13(2)11(23)10(8-5-7(6-21)3-4-9(8)26-13)22(25)12(24)14(16,17)15(18,19)20/h3-5,10-11,23,25H,1-2H3/t10-,11+/m0/s1. The van der Waals surface area contributed by atoms with Crippen LogP contribution >= 0.6 is 0 Å². The Kier molecular flexibility index (Phi) is 4.64. The maximum absolute atomic E-state index is 13.3. The van der Waals surface area contributed by atoms with Gasteiger partial charge in [0.05, 0.1) is 11.6 Å². The highest BCUT2D eigenvalue weighted by molar-refractivity contribution is 5.84. The number of hydrogen-bond acceptors (Lipinski definition) is 5. The minimum absolute atomic E-state index is 0.0484. The third kappa shape index (κ3) is 3.06. The lowest BCUT2D eigenvalue weighted by molar-refractivity contribution is -0.292. The number of aliphatic hydroxyl groups excluding tert-OH is 1. The van der Waals surface area contributed by atoms with Crippen molar-refractivity contribution in [2.45, 2.75) is 43.7 Å². The minimum Gasteiger partial charge on any atom is -0.485 e. The van der Waals surface area contributed by atoms with Crippen molar-refractivity contribution in [2.75, 3.05) is 0 Å². The van der Waals surface area contributed by atoms with Gasteiger partial charge < -0.3 is 9.84 Å². The largest absolute Gasteiger partial charge is 0.485 e. The molecule has 142 valence electrons. The van der Waals surface area contributed by atoms with Gasteiger partial charge in [-0.05, 0) is 32.0 Å². The van der Waals surface area contributed by atoms with Gasteiger partial charge in [0, 0.05) is 5.56 Å². The van der Waals surface area contributed by atoms with E-state index in [1.54, 1.807) is 6.07 Å². The first-order valence-corrected chi connectivity index (χ1v) is 7.12. The summed E-state index contributed by atoms with van der Waals surface area (Å²) < 4.78 is 69.4. The number of aliphatic hydroxyl groups is 1. The molecule has 0 fully saturated rings. The molecule has 1 amide bonds. The molecule has 0 spiro atoms. The first kappa shape index (κ1) is 19.9. The van der Waals surface area contributed by atoms with E-state index in [-0.39, 0.29) is 16.9 Å². The minimum atomic E-state index is -6.24. The molecular formula is C15H13F5N2O4. The maximum atomic E-state index is 13.3. The average molecular weight is 380 g/mol. The molecule has 1 heterocycles. The smallest absolute Gasteiger partial charge is 0.463 e. The van der Waals surface area contributed by atoms with E-state index in [1.165, 1.54) is 26.0 Å². The maximum Gasteiger partial charge on any atom is 0.463 e. The van der Waals surface area contributed by atoms with E-state index in [0.29, 0.717) is 0 Å². The molecule has 0 saturated carbocycles. The fourth-order valence-electron chi connectivity index (χ4n) is 2.49. The second-order valence-corrected chi connectivity index (χ2v) is 6.18. The van der Waals surface area contributed by atoms with Gasteiger partial charge in [-0.1, -0.05) is 0 Å². The predicted molar refractivity (Wildman–Crippen MR) is 74.2 cm³/mol. The first-order chi connectivity index (χ1) is 11.7. The van der Waals surface area contributed by atoms with Gasteiger partial charge in [-0.2, -0.15) is 27.2 Å². The molecule has 26 heavy (non-hydrogen) atoms. The van der Waals surface area contributed by atoms with Crippen molar-refractivity contribution < 1.29 is 41.8 Å². The van der Waals surface area contributed by atoms with Crippen LogP contribution in [0.5, 0.6) is 5.75 Å². The SMILES string of the molecule is CC1(C)Oc2ccc(C#N)cc2[C@H](N(O)C(=O)C(F)(F)C(F)(F)F)[C@H]1O. The molecule has 2 N–H and O–H groups in total. The average Bonchev–Trinajstić information content (AvgIpc) is 2.53. The Hall–Kier alpha value is -2.45. The summed E-state index contributed by atoms with van der Waals surface area (Å²) in [7, 11) is 0. The van der Waals surface area contributed by atoms with E-state index in [0.717, 1.165) is 6.07 Å². The highest BCUT2D eigenvalue weighted by Gasteiger charge is 2.66. The van der Waals surface area contributed by atoms with E-state index in [9.17, 15) is 37.1 Å². The van der Waals surface area contributed by atoms with Crippen molar-refractivity contribution in [3.8, 4) is 11.8 Å². The number of halogens is 5. The van der Waals surface area contributed by atoms with Crippen LogP contribution in [0, 0.1) is 11.3 Å². The Balaban J connectivity index is 2.57. The topological polar surface area (TPSA) is 93.8 Å². The van der Waals surface area contributed by atoms with Crippen LogP contribution in [0.1, 0.15) is 31.0 Å². The molecule has 0 bridgehead atoms. The zero-order chi connectivity index (χ0) is 20.1. The van der Waals surface area contributed by atoms with E-state index in [1.807, 2.05) is 0 Å². The van der Waals surface area contributed by atoms with E-state index in [2.05, 4.69) is 0 Å². The monoisotopic (exact) mass is 380 g/mol. The molecule has 11 heteroatoms. The molecule has 0 saturated heterocycles. The number of hydroxylamine groups is 2. The summed E-state index contributed by atoms with van der Waals surface area (Å²) in [6.45, 7) is 2.57. The molecule has 0 aromatic heterocycles. The second-order valence-electron chi connectivity index (χ2n) is 6.18. The van der Waals surface area contributed by atoms with Crippen LogP contribution in [-0.2, 0) is 4.79 Å². The third-order valence-corrected chi connectivity index (χ3v) is 3.94. The molecule has 0 unspecified atom stereocenters. The molecule has 1 aromatic rings. The Morgan fingerprint density at radius 3 is 2.38 bits per heavy atom. The summed E-state index contributed by atoms with van der Waals surface area (Å²) in [6, 6.07) is 3.20. The van der Waals surface area contributed by atoms with Crippen LogP contribution in [0.3, 0.4) is 0 Å². The van der Waals surface area contributed by atoms with Gasteiger partial charge in [-0.3, -0.25) is 10.0 Å². The highest BCUT2D eigenvalue weighted by Crippen LogP contribution is 2.45. The van der Waals surface area contributed by atoms with Gasteiger partial charge >= 0.3 is 18.0 Å². The summed E-state index contributed by atoms with van der Waals surface area (Å²) in [5, 5.41) is 28.2. The van der Waals surface area contributed by atoms with Crippen molar-refractivity contribution in [1.82, 2.24) is 5.06 Å². The van der Waals surface area contributed by atoms with Crippen LogP contribution in [-0.4, -0.2) is 45.1 Å². The fourth-order valence-corrected chi connectivity index (χ4v) is 2.49. The van der Waals surface area contributed by atoms with Gasteiger partial charge in [-0.25, -0.2) is 5.06 Å². The van der Waals surface area contributed by atoms with Crippen LogP contribution in [0.25, 0.3) is 0 Å². The van der Waals surface area contributed by atoms with Crippen LogP contribution in [0.2, 0.25) is 0 Å². The van der Waals surface area contributed by atoms with E-state index < -0.39 is 40.8 Å². The van der Waals surface area contributed by atoms with Crippen molar-refractivity contribution >= 4 is 5.91 Å². The lowest BCUT2D eigenvalue weighted by Gasteiger charge is -2.44. The second kappa shape index (κ2) is 6.07. The summed E-state index contributed by atoms with van der Waals surface area (Å²) in [4.78, 5) is 11.6. The molecule has 2 atom stereocenters. The predicted octanol–water partition coefficient (Wildman–Crippen LogP) is 2.55. The molecule has 6 nitrogen and oxygen atoms in total. The van der Waals surface area contributed by atoms with Gasteiger partial charge in [0.1, 0.15) is 23.5 Å². The number of rotatable bonds is 2. The van der Waals surface area contributed by atoms with Crippen molar-refractivity contribution in [3.63, 3.8) is 0 Å². The Bertz CT molecular complexity index is 772. The van der Waals surface area contributed by atoms with Gasteiger partial charge in [0.15, 0.2) is 0 Å². The highest BCUT2D eigenvalue weighted by atomic mass is 19.4. The summed E-state index contributed by atoms with van der Waals surface area (Å²) in [6.07, 6.45) is -8.12. The molecule has 1 aliphatic heterocycles. The van der Waals surface area contributed by atoms with Gasteiger partial charge in [0.25, 0.3) is 0 Å². The van der Waals surface area contributed by atoms with Gasteiger partial charge in [0.2, 0.25) is 0 Å². The third-order valence-electron chi connectivity index (χ3n) is 3.94. The van der Waals surface area contributed by atoms with Crippen LogP contribution < -0.4 is 4.74 Å². The van der Waals surface area contributed by atoms with Crippen LogP contribution in [0.4, 0.5) is 22.0 Å². The lowest BCUT2D eigenvalue weighted by atomic mass is 9.85. The molecule has 2 rings (SSSR count). The lowest BCUT2D eigenvalue weighted by Crippen LogP contribution is -2.58.